The van der Waals surface area contributed by atoms with Crippen LogP contribution in [0.1, 0.15) is 152 Å². The molecule has 4 aliphatic carbocycles. The summed E-state index contributed by atoms with van der Waals surface area (Å²) in [6.45, 7) is 25.4. The maximum absolute atomic E-state index is 4.58. The van der Waals surface area contributed by atoms with Gasteiger partial charge in [-0.05, 0) is 149 Å². The first-order valence-electron chi connectivity index (χ1n) is 17.3. The summed E-state index contributed by atoms with van der Waals surface area (Å²) >= 11 is 0. The predicted molar refractivity (Wildman–Crippen MR) is 177 cm³/mol. The molecule has 4 rings (SSSR count). The van der Waals surface area contributed by atoms with Crippen LogP contribution in [-0.2, 0) is 0 Å². The summed E-state index contributed by atoms with van der Waals surface area (Å²) in [5.74, 6) is 6.10. The van der Waals surface area contributed by atoms with Gasteiger partial charge in [0.1, 0.15) is 0 Å². The van der Waals surface area contributed by atoms with Gasteiger partial charge in [-0.3, -0.25) is 0 Å². The lowest BCUT2D eigenvalue weighted by molar-refractivity contribution is 0.120. The van der Waals surface area contributed by atoms with Gasteiger partial charge in [-0.2, -0.15) is 0 Å². The fourth-order valence-electron chi connectivity index (χ4n) is 8.60. The van der Waals surface area contributed by atoms with Crippen molar-refractivity contribution < 1.29 is 0 Å². The topological polar surface area (TPSA) is 0 Å². The van der Waals surface area contributed by atoms with Gasteiger partial charge < -0.3 is 0 Å². The van der Waals surface area contributed by atoms with Gasteiger partial charge in [0, 0.05) is 0 Å². The molecule has 6 atom stereocenters. The Balaban J connectivity index is 0.000000506. The monoisotopic (exact) mass is 537 g/mol. The highest BCUT2D eigenvalue weighted by Gasteiger charge is 2.45. The van der Waals surface area contributed by atoms with E-state index in [1.807, 2.05) is 0 Å². The average molecular weight is 537 g/mol. The molecule has 0 heterocycles. The molecule has 0 aromatic carbocycles. The quantitative estimate of drug-likeness (QED) is 0.203. The van der Waals surface area contributed by atoms with Crippen molar-refractivity contribution in [3.05, 3.63) is 47.6 Å². The van der Waals surface area contributed by atoms with Crippen LogP contribution in [0.15, 0.2) is 47.6 Å². The highest BCUT2D eigenvalue weighted by atomic mass is 14.5. The predicted octanol–water partition coefficient (Wildman–Crippen LogP) is 12.9. The van der Waals surface area contributed by atoms with Crippen molar-refractivity contribution in [1.29, 1.82) is 0 Å². The summed E-state index contributed by atoms with van der Waals surface area (Å²) in [7, 11) is 0. The number of hydrogen-bond donors (Lipinski definition) is 0. The van der Waals surface area contributed by atoms with Crippen LogP contribution in [0.25, 0.3) is 0 Å². The fraction of sp³-hybridized carbons (Fsp3) is 0.795. The Morgan fingerprint density at radius 2 is 1.77 bits per heavy atom. The summed E-state index contributed by atoms with van der Waals surface area (Å²) in [6, 6.07) is 0. The van der Waals surface area contributed by atoms with Gasteiger partial charge in [0.2, 0.25) is 0 Å². The van der Waals surface area contributed by atoms with E-state index in [9.17, 15) is 0 Å². The van der Waals surface area contributed by atoms with E-state index in [0.29, 0.717) is 11.3 Å². The standard InChI is InChI=1S/C30H50.C6H10.C3H8/c1-8-11-27(23(6)24(9-2)10-3)25-14-17-30(7,18-15-25)19-16-26-20-22(5)29-21(4)12-13-28(26)29;1-6-4-2-3-5-6;1-3-2/h9,12-13,21-22,25-29H,6,8,10-11,14-20H2,1-5,7H3;4H,2-3,5H2,1H3;3H2,1-2H3/b24-9+;;. The molecule has 39 heavy (non-hydrogen) atoms. The summed E-state index contributed by atoms with van der Waals surface area (Å²) in [4.78, 5) is 0. The molecular weight excluding hydrogens is 468 g/mol. The minimum Gasteiger partial charge on any atom is -0.0953 e. The molecule has 224 valence electrons. The van der Waals surface area contributed by atoms with E-state index in [0.717, 1.165) is 41.9 Å². The van der Waals surface area contributed by atoms with E-state index in [2.05, 4.69) is 93.2 Å². The molecule has 0 aromatic rings. The van der Waals surface area contributed by atoms with E-state index in [1.54, 1.807) is 5.57 Å². The van der Waals surface area contributed by atoms with Gasteiger partial charge in [-0.15, -0.1) is 0 Å². The Morgan fingerprint density at radius 1 is 1.10 bits per heavy atom. The Kier molecular flexibility index (Phi) is 14.9. The van der Waals surface area contributed by atoms with E-state index in [4.69, 9.17) is 0 Å². The first kappa shape index (κ1) is 34.2. The molecule has 0 amide bonds. The van der Waals surface area contributed by atoms with E-state index >= 15 is 0 Å². The van der Waals surface area contributed by atoms with Crippen molar-refractivity contribution in [2.24, 2.45) is 46.8 Å². The molecule has 0 heteroatoms. The lowest BCUT2D eigenvalue weighted by atomic mass is 9.64. The third-order valence-corrected chi connectivity index (χ3v) is 10.9. The second-order valence-corrected chi connectivity index (χ2v) is 14.3. The molecule has 0 N–H and O–H groups in total. The third-order valence-electron chi connectivity index (χ3n) is 10.9. The molecule has 0 spiro atoms. The van der Waals surface area contributed by atoms with Gasteiger partial charge in [0.15, 0.2) is 0 Å². The highest BCUT2D eigenvalue weighted by Crippen LogP contribution is 2.54. The zero-order valence-corrected chi connectivity index (χ0v) is 28.0. The molecule has 6 unspecified atom stereocenters. The van der Waals surface area contributed by atoms with Crippen LogP contribution in [0.2, 0.25) is 0 Å². The molecule has 0 nitrogen and oxygen atoms in total. The molecule has 0 aliphatic heterocycles. The van der Waals surface area contributed by atoms with Crippen LogP contribution >= 0.6 is 0 Å². The summed E-state index contributed by atoms with van der Waals surface area (Å²) in [5.41, 5.74) is 5.13. The molecule has 0 saturated heterocycles. The average Bonchev–Trinajstić information content (AvgIpc) is 3.63. The maximum atomic E-state index is 4.58. The molecule has 2 saturated carbocycles. The third kappa shape index (κ3) is 9.78. The van der Waals surface area contributed by atoms with Gasteiger partial charge in [-0.1, -0.05) is 97.8 Å². The smallest absolute Gasteiger partial charge is 0.0137 e. The van der Waals surface area contributed by atoms with E-state index < -0.39 is 0 Å². The highest BCUT2D eigenvalue weighted by molar-refractivity contribution is 5.30. The van der Waals surface area contributed by atoms with E-state index in [-0.39, 0.29) is 0 Å². The van der Waals surface area contributed by atoms with Crippen LogP contribution < -0.4 is 0 Å². The zero-order chi connectivity index (χ0) is 29.0. The minimum absolute atomic E-state index is 0.581. The van der Waals surface area contributed by atoms with Crippen molar-refractivity contribution in [3.63, 3.8) is 0 Å². The van der Waals surface area contributed by atoms with Crippen LogP contribution in [0, 0.1) is 46.8 Å². The van der Waals surface area contributed by atoms with Crippen LogP contribution in [-0.4, -0.2) is 0 Å². The number of allylic oxidation sites excluding steroid dienone is 7. The first-order chi connectivity index (χ1) is 18.6. The number of fused-ring (bicyclic) bond motifs is 1. The van der Waals surface area contributed by atoms with Gasteiger partial charge in [-0.25, -0.2) is 0 Å². The molecule has 0 aromatic heterocycles. The Bertz CT molecular complexity index is 798. The van der Waals surface area contributed by atoms with Crippen molar-refractivity contribution in [2.75, 3.05) is 0 Å². The number of hydrogen-bond acceptors (Lipinski definition) is 0. The largest absolute Gasteiger partial charge is 0.0953 e. The van der Waals surface area contributed by atoms with Crippen LogP contribution in [0.5, 0.6) is 0 Å². The second kappa shape index (κ2) is 17.0. The lowest BCUT2D eigenvalue weighted by Crippen LogP contribution is -2.30. The lowest BCUT2D eigenvalue weighted by Gasteiger charge is -2.42. The van der Waals surface area contributed by atoms with Crippen molar-refractivity contribution in [1.82, 2.24) is 0 Å². The molecule has 4 aliphatic rings. The Labute approximate surface area is 246 Å². The summed E-state index contributed by atoms with van der Waals surface area (Å²) in [6.07, 6.45) is 28.9. The SMILES string of the molecule is C=C(/C(=C/C)CC)C(CCC)C1CCC(C)(CCC2CC(C)C3C(C)C=CC23)CC1.CC1=CCCC1.CCC. The minimum atomic E-state index is 0.581. The van der Waals surface area contributed by atoms with Gasteiger partial charge in [0.05, 0.1) is 0 Å². The van der Waals surface area contributed by atoms with E-state index in [1.165, 1.54) is 94.6 Å². The normalized spacial score (nSPS) is 34.4. The van der Waals surface area contributed by atoms with Gasteiger partial charge >= 0.3 is 0 Å². The molecule has 0 bridgehead atoms. The second-order valence-electron chi connectivity index (χ2n) is 14.3. The fourth-order valence-corrected chi connectivity index (χ4v) is 8.60. The summed E-state index contributed by atoms with van der Waals surface area (Å²) < 4.78 is 0. The molecular formula is C39H68. The van der Waals surface area contributed by atoms with Crippen molar-refractivity contribution >= 4 is 0 Å². The maximum Gasteiger partial charge on any atom is -0.0137 e. The van der Waals surface area contributed by atoms with Crippen molar-refractivity contribution in [2.45, 2.75) is 152 Å². The molecule has 0 radical (unpaired) electrons. The van der Waals surface area contributed by atoms with Crippen molar-refractivity contribution in [3.8, 4) is 0 Å². The van der Waals surface area contributed by atoms with Crippen LogP contribution in [0.4, 0.5) is 0 Å². The summed E-state index contributed by atoms with van der Waals surface area (Å²) in [5, 5.41) is 0. The Morgan fingerprint density at radius 3 is 2.26 bits per heavy atom. The van der Waals surface area contributed by atoms with Gasteiger partial charge in [0.25, 0.3) is 0 Å². The zero-order valence-electron chi connectivity index (χ0n) is 28.0. The number of rotatable bonds is 9. The first-order valence-corrected chi connectivity index (χ1v) is 17.3. The molecule has 2 fully saturated rings. The van der Waals surface area contributed by atoms with Crippen LogP contribution in [0.3, 0.4) is 0 Å². The Hall–Kier alpha value is -1.04.